The van der Waals surface area contributed by atoms with Crippen LogP contribution >= 0.6 is 11.3 Å². The third kappa shape index (κ3) is 1.70. The van der Waals surface area contributed by atoms with Crippen molar-refractivity contribution in [3.8, 4) is 0 Å². The summed E-state index contributed by atoms with van der Waals surface area (Å²) in [7, 11) is 0. The quantitative estimate of drug-likeness (QED) is 0.805. The van der Waals surface area contributed by atoms with E-state index in [9.17, 15) is 9.59 Å². The van der Waals surface area contributed by atoms with Crippen LogP contribution in [0.15, 0.2) is 30.3 Å². The van der Waals surface area contributed by atoms with Crippen LogP contribution in [0, 0.1) is 0 Å². The number of fused-ring (bicyclic) bond motifs is 1. The van der Waals surface area contributed by atoms with Crippen LogP contribution in [0.3, 0.4) is 0 Å². The van der Waals surface area contributed by atoms with E-state index < -0.39 is 5.72 Å². The number of benzene rings is 1. The normalized spacial score (nSPS) is 29.4. The summed E-state index contributed by atoms with van der Waals surface area (Å²) in [6.45, 7) is 1.88. The second-order valence-corrected chi connectivity index (χ2v) is 7.44. The van der Waals surface area contributed by atoms with Crippen molar-refractivity contribution < 1.29 is 14.3 Å². The maximum Gasteiger partial charge on any atom is 0.264 e. The van der Waals surface area contributed by atoms with Gasteiger partial charge < -0.3 is 14.5 Å². The Balaban J connectivity index is 1.50. The smallest absolute Gasteiger partial charge is 0.264 e. The molecule has 4 heterocycles. The molecule has 3 aliphatic heterocycles. The minimum absolute atomic E-state index is 0.0261. The molecule has 23 heavy (non-hydrogen) atoms. The minimum Gasteiger partial charge on any atom is -0.351 e. The van der Waals surface area contributed by atoms with E-state index in [1.165, 1.54) is 11.3 Å². The second kappa shape index (κ2) is 4.55. The zero-order valence-electron chi connectivity index (χ0n) is 12.5. The highest BCUT2D eigenvalue weighted by atomic mass is 32.1. The van der Waals surface area contributed by atoms with E-state index in [1.54, 1.807) is 0 Å². The summed E-state index contributed by atoms with van der Waals surface area (Å²) >= 11 is 1.52. The summed E-state index contributed by atoms with van der Waals surface area (Å²) in [5.74, 6) is 0.138. The Bertz CT molecular complexity index is 799. The average Bonchev–Trinajstić information content (AvgIpc) is 3.28. The van der Waals surface area contributed by atoms with Crippen LogP contribution in [0.1, 0.15) is 22.5 Å². The predicted molar refractivity (Wildman–Crippen MR) is 86.3 cm³/mol. The Kier molecular flexibility index (Phi) is 2.67. The Morgan fingerprint density at radius 3 is 3.04 bits per heavy atom. The number of thiophene rings is 1. The number of hydrogen-bond donors (Lipinski definition) is 0. The lowest BCUT2D eigenvalue weighted by Crippen LogP contribution is -2.48. The van der Waals surface area contributed by atoms with Crippen LogP contribution in [-0.2, 0) is 9.53 Å². The number of ether oxygens (including phenoxy) is 1. The van der Waals surface area contributed by atoms with Gasteiger partial charge in [0.1, 0.15) is 0 Å². The highest BCUT2D eigenvalue weighted by Crippen LogP contribution is 2.46. The Morgan fingerprint density at radius 1 is 1.30 bits per heavy atom. The van der Waals surface area contributed by atoms with E-state index in [4.69, 9.17) is 4.74 Å². The highest BCUT2D eigenvalue weighted by Gasteiger charge is 2.62. The molecule has 0 N–H and O–H groups in total. The maximum absolute atomic E-state index is 13.0. The molecule has 1 aromatic carbocycles. The molecule has 5 nitrogen and oxygen atoms in total. The Hall–Kier alpha value is -1.92. The van der Waals surface area contributed by atoms with Crippen molar-refractivity contribution in [1.29, 1.82) is 0 Å². The topological polar surface area (TPSA) is 49.9 Å². The fraction of sp³-hybridized carbons (Fsp3) is 0.412. The Labute approximate surface area is 137 Å². The lowest BCUT2D eigenvalue weighted by atomic mass is 10.1. The fourth-order valence-corrected chi connectivity index (χ4v) is 5.28. The van der Waals surface area contributed by atoms with Crippen LogP contribution < -0.4 is 0 Å². The number of rotatable bonds is 1. The molecule has 5 rings (SSSR count). The summed E-state index contributed by atoms with van der Waals surface area (Å²) in [5, 5.41) is 1.09. The first kappa shape index (κ1) is 13.5. The van der Waals surface area contributed by atoms with Gasteiger partial charge in [-0.25, -0.2) is 0 Å². The monoisotopic (exact) mass is 328 g/mol. The number of likely N-dealkylation sites (tertiary alicyclic amines) is 1. The van der Waals surface area contributed by atoms with Gasteiger partial charge in [-0.3, -0.25) is 9.59 Å². The number of carbonyl (C=O) groups excluding carboxylic acids is 2. The van der Waals surface area contributed by atoms with Crippen LogP contribution in [0.4, 0.5) is 0 Å². The highest BCUT2D eigenvalue weighted by molar-refractivity contribution is 7.20. The molecule has 2 atom stereocenters. The van der Waals surface area contributed by atoms with Crippen molar-refractivity contribution in [1.82, 2.24) is 9.80 Å². The molecule has 2 amide bonds. The van der Waals surface area contributed by atoms with Crippen LogP contribution in [0.2, 0.25) is 0 Å². The standard InChI is InChI=1S/C17H16N2O3S/c20-15-10-14-17(19(15)7-8-22-17)5-6-18(14)16(21)13-9-11-3-1-2-4-12(11)23-13/h1-4,9,14H,5-8,10H2/t14-,17+/m1/s1. The van der Waals surface area contributed by atoms with Gasteiger partial charge in [-0.05, 0) is 17.5 Å². The molecule has 3 fully saturated rings. The molecule has 0 saturated carbocycles. The molecule has 1 aromatic heterocycles. The van der Waals surface area contributed by atoms with Gasteiger partial charge in [-0.2, -0.15) is 0 Å². The molecule has 1 spiro atoms. The van der Waals surface area contributed by atoms with Crippen LogP contribution in [0.25, 0.3) is 10.1 Å². The van der Waals surface area contributed by atoms with Crippen molar-refractivity contribution in [2.45, 2.75) is 24.6 Å². The molecule has 0 unspecified atom stereocenters. The van der Waals surface area contributed by atoms with E-state index in [2.05, 4.69) is 0 Å². The molecule has 3 saturated heterocycles. The van der Waals surface area contributed by atoms with Crippen molar-refractivity contribution >= 4 is 33.2 Å². The van der Waals surface area contributed by atoms with E-state index >= 15 is 0 Å². The molecule has 2 aromatic rings. The summed E-state index contributed by atoms with van der Waals surface area (Å²) in [6.07, 6.45) is 1.11. The van der Waals surface area contributed by atoms with Crippen molar-refractivity contribution in [2.75, 3.05) is 19.7 Å². The van der Waals surface area contributed by atoms with Crippen molar-refractivity contribution in [3.63, 3.8) is 0 Å². The van der Waals surface area contributed by atoms with E-state index in [0.717, 1.165) is 21.4 Å². The van der Waals surface area contributed by atoms with Gasteiger partial charge in [0.25, 0.3) is 5.91 Å². The number of amides is 2. The summed E-state index contributed by atoms with van der Waals surface area (Å²) in [5.41, 5.74) is -0.552. The summed E-state index contributed by atoms with van der Waals surface area (Å²) in [4.78, 5) is 29.7. The third-order valence-corrected chi connectivity index (χ3v) is 6.40. The zero-order valence-corrected chi connectivity index (χ0v) is 13.3. The third-order valence-electron chi connectivity index (χ3n) is 5.30. The molecule has 0 aliphatic carbocycles. The molecule has 6 heteroatoms. The average molecular weight is 328 g/mol. The number of carbonyl (C=O) groups is 2. The second-order valence-electron chi connectivity index (χ2n) is 6.36. The Morgan fingerprint density at radius 2 is 2.17 bits per heavy atom. The number of nitrogens with zero attached hydrogens (tertiary/aromatic N) is 2. The summed E-state index contributed by atoms with van der Waals surface area (Å²) < 4.78 is 7.07. The number of hydrogen-bond acceptors (Lipinski definition) is 4. The first-order valence-corrected chi connectivity index (χ1v) is 8.75. The van der Waals surface area contributed by atoms with Gasteiger partial charge in [-0.15, -0.1) is 11.3 Å². The minimum atomic E-state index is -0.552. The van der Waals surface area contributed by atoms with Crippen molar-refractivity contribution in [3.05, 3.63) is 35.2 Å². The van der Waals surface area contributed by atoms with E-state index in [1.807, 2.05) is 40.1 Å². The fourth-order valence-electron chi connectivity index (χ4n) is 4.26. The lowest BCUT2D eigenvalue weighted by molar-refractivity contribution is -0.136. The molecule has 0 bridgehead atoms. The maximum atomic E-state index is 13.0. The van der Waals surface area contributed by atoms with Crippen LogP contribution in [0.5, 0.6) is 0 Å². The SMILES string of the molecule is O=C(c1cc2ccccc2s1)N1CC[C@@]23OCCN2C(=O)C[C@@H]13. The van der Waals surface area contributed by atoms with Gasteiger partial charge in [0, 0.05) is 24.2 Å². The summed E-state index contributed by atoms with van der Waals surface area (Å²) in [6, 6.07) is 9.83. The largest absolute Gasteiger partial charge is 0.351 e. The molecule has 0 radical (unpaired) electrons. The van der Waals surface area contributed by atoms with E-state index in [-0.39, 0.29) is 17.9 Å². The van der Waals surface area contributed by atoms with Gasteiger partial charge in [-0.1, -0.05) is 18.2 Å². The molecule has 118 valence electrons. The van der Waals surface area contributed by atoms with Gasteiger partial charge >= 0.3 is 0 Å². The molecule has 3 aliphatic rings. The van der Waals surface area contributed by atoms with E-state index in [0.29, 0.717) is 26.1 Å². The van der Waals surface area contributed by atoms with Crippen LogP contribution in [-0.4, -0.2) is 53.1 Å². The molecular weight excluding hydrogens is 312 g/mol. The van der Waals surface area contributed by atoms with Crippen molar-refractivity contribution in [2.24, 2.45) is 0 Å². The van der Waals surface area contributed by atoms with Gasteiger partial charge in [0.2, 0.25) is 5.91 Å². The first-order valence-electron chi connectivity index (χ1n) is 7.93. The van der Waals surface area contributed by atoms with Gasteiger partial charge in [0.15, 0.2) is 5.72 Å². The predicted octanol–water partition coefficient (Wildman–Crippen LogP) is 2.07. The zero-order chi connectivity index (χ0) is 15.6. The van der Waals surface area contributed by atoms with Gasteiger partial charge in [0.05, 0.1) is 23.9 Å². The lowest BCUT2D eigenvalue weighted by Gasteiger charge is -2.31. The first-order chi connectivity index (χ1) is 11.2. The molecular formula is C17H16N2O3S.